The molecule has 3 aromatic heterocycles. The van der Waals surface area contributed by atoms with Crippen LogP contribution in [0.2, 0.25) is 5.02 Å². The molecular weight excluding hydrogens is 553 g/mol. The summed E-state index contributed by atoms with van der Waals surface area (Å²) in [7, 11) is 0. The average molecular weight is 577 g/mol. The number of alkyl halides is 3. The third-order valence-electron chi connectivity index (χ3n) is 7.54. The Kier molecular flexibility index (Phi) is 6.70. The number of carbonyl (C=O) groups is 1. The van der Waals surface area contributed by atoms with E-state index in [9.17, 15) is 18.7 Å². The van der Waals surface area contributed by atoms with Crippen molar-refractivity contribution in [2.75, 3.05) is 24.7 Å². The number of hydrogen-bond donors (Lipinski definition) is 1. The van der Waals surface area contributed by atoms with Crippen molar-refractivity contribution in [3.63, 3.8) is 0 Å². The lowest BCUT2D eigenvalue weighted by Crippen LogP contribution is -2.38. The van der Waals surface area contributed by atoms with Crippen LogP contribution in [-0.4, -0.2) is 57.9 Å². The summed E-state index contributed by atoms with van der Waals surface area (Å²) in [5, 5.41) is 10.8. The van der Waals surface area contributed by atoms with Gasteiger partial charge in [0.05, 0.1) is 23.7 Å². The lowest BCUT2D eigenvalue weighted by Gasteiger charge is -2.36. The summed E-state index contributed by atoms with van der Waals surface area (Å²) in [5.74, 6) is -2.57. The van der Waals surface area contributed by atoms with Gasteiger partial charge in [-0.1, -0.05) is 30.7 Å². The topological polar surface area (TPSA) is 111 Å². The molecule has 2 saturated heterocycles. The molecule has 0 amide bonds. The molecule has 2 fully saturated rings. The number of carboxylic acids is 1. The minimum Gasteiger partial charge on any atom is -0.480 e. The Morgan fingerprint density at radius 2 is 2.10 bits per heavy atom. The fraction of sp³-hybridized carbons (Fsp3) is 0.407. The zero-order valence-electron chi connectivity index (χ0n) is 21.2. The van der Waals surface area contributed by atoms with Crippen LogP contribution in [0.15, 0.2) is 40.9 Å². The number of ether oxygens (including phenoxy) is 2. The molecule has 5 heterocycles. The molecule has 0 aliphatic carbocycles. The van der Waals surface area contributed by atoms with Gasteiger partial charge in [-0.15, -0.1) is 0 Å². The summed E-state index contributed by atoms with van der Waals surface area (Å²) < 4.78 is 61.4. The maximum Gasteiger partial charge on any atom is 0.326 e. The summed E-state index contributed by atoms with van der Waals surface area (Å²) in [6, 6.07) is 7.04. The van der Waals surface area contributed by atoms with E-state index in [0.29, 0.717) is 11.0 Å². The fourth-order valence-corrected chi connectivity index (χ4v) is 5.63. The Bertz CT molecular complexity index is 1600. The molecular formula is C27H24ClF3N4O5. The molecule has 13 heteroatoms. The lowest BCUT2D eigenvalue weighted by molar-refractivity contribution is -0.138. The number of hydrogen-bond acceptors (Lipinski definition) is 8. The van der Waals surface area contributed by atoms with Crippen molar-refractivity contribution in [1.82, 2.24) is 15.0 Å². The Morgan fingerprint density at radius 3 is 2.85 bits per heavy atom. The largest absolute Gasteiger partial charge is 0.480 e. The molecule has 0 radical (unpaired) electrons. The first kappa shape index (κ1) is 26.6. The van der Waals surface area contributed by atoms with E-state index in [1.807, 2.05) is 0 Å². The molecule has 2 aliphatic heterocycles. The number of rotatable bonds is 6. The second kappa shape index (κ2) is 10.1. The standard InChI is InChI=1S/C27H24ClF3N4O5/c1-13-12-38-7-6-27(13,31)17-8-14(28)10-32-25(17)39-15-9-18(26(36)37)35(11-15)24-21-20(33-23(34-24)22(29)30)16-4-2-3-5-19(16)40-21/h2-5,8,10,13,15,18,22H,6-7,9,11-12H2,1H3,(H,36,37)/t13-,15+,18+,27+/m1/s1. The van der Waals surface area contributed by atoms with Crippen molar-refractivity contribution >= 4 is 45.5 Å². The van der Waals surface area contributed by atoms with Gasteiger partial charge in [0.15, 0.2) is 17.2 Å². The first-order valence-electron chi connectivity index (χ1n) is 12.7. The highest BCUT2D eigenvalue weighted by atomic mass is 35.5. The van der Waals surface area contributed by atoms with Crippen LogP contribution in [-0.2, 0) is 15.2 Å². The van der Waals surface area contributed by atoms with Crippen LogP contribution in [0, 0.1) is 5.92 Å². The number of anilines is 1. The van der Waals surface area contributed by atoms with Gasteiger partial charge in [0.1, 0.15) is 28.9 Å². The Morgan fingerprint density at radius 1 is 1.30 bits per heavy atom. The lowest BCUT2D eigenvalue weighted by atomic mass is 9.81. The number of fused-ring (bicyclic) bond motifs is 3. The predicted octanol–water partition coefficient (Wildman–Crippen LogP) is 5.69. The Labute approximate surface area is 230 Å². The molecule has 2 aliphatic rings. The van der Waals surface area contributed by atoms with Gasteiger partial charge in [-0.05, 0) is 18.2 Å². The first-order valence-corrected chi connectivity index (χ1v) is 13.1. The van der Waals surface area contributed by atoms with Crippen LogP contribution in [0.3, 0.4) is 0 Å². The maximum atomic E-state index is 16.3. The van der Waals surface area contributed by atoms with Crippen LogP contribution in [0.25, 0.3) is 22.1 Å². The monoisotopic (exact) mass is 576 g/mol. The van der Waals surface area contributed by atoms with E-state index in [0.717, 1.165) is 0 Å². The number of nitrogens with zero attached hydrogens (tertiary/aromatic N) is 4. The van der Waals surface area contributed by atoms with E-state index in [1.165, 1.54) is 17.2 Å². The number of benzene rings is 1. The Balaban J connectivity index is 1.39. The summed E-state index contributed by atoms with van der Waals surface area (Å²) in [6.45, 7) is 2.06. The number of para-hydroxylation sites is 1. The number of carboxylic acid groups (broad SMARTS) is 1. The fourth-order valence-electron chi connectivity index (χ4n) is 5.47. The van der Waals surface area contributed by atoms with Gasteiger partial charge < -0.3 is 23.9 Å². The van der Waals surface area contributed by atoms with Gasteiger partial charge in [0.25, 0.3) is 6.43 Å². The number of aromatic nitrogens is 3. The van der Waals surface area contributed by atoms with Gasteiger partial charge in [-0.2, -0.15) is 0 Å². The molecule has 4 atom stereocenters. The van der Waals surface area contributed by atoms with E-state index in [4.69, 9.17) is 25.5 Å². The minimum atomic E-state index is -3.00. The molecule has 9 nitrogen and oxygen atoms in total. The summed E-state index contributed by atoms with van der Waals surface area (Å²) in [6.07, 6.45) is -2.45. The van der Waals surface area contributed by atoms with Gasteiger partial charge >= 0.3 is 5.97 Å². The van der Waals surface area contributed by atoms with Crippen molar-refractivity contribution in [3.05, 3.63) is 52.9 Å². The normalized spacial score (nSPS) is 25.2. The molecule has 0 unspecified atom stereocenters. The van der Waals surface area contributed by atoms with Crippen LogP contribution in [0.1, 0.15) is 37.6 Å². The van der Waals surface area contributed by atoms with Crippen LogP contribution in [0.5, 0.6) is 5.88 Å². The van der Waals surface area contributed by atoms with Gasteiger partial charge in [-0.3, -0.25) is 0 Å². The number of pyridine rings is 1. The molecule has 1 N–H and O–H groups in total. The highest BCUT2D eigenvalue weighted by Gasteiger charge is 2.46. The third kappa shape index (κ3) is 4.48. The molecule has 0 bridgehead atoms. The maximum absolute atomic E-state index is 16.3. The summed E-state index contributed by atoms with van der Waals surface area (Å²) in [5.41, 5.74) is -1.04. The molecule has 4 aromatic rings. The highest BCUT2D eigenvalue weighted by molar-refractivity contribution is 6.30. The van der Waals surface area contributed by atoms with E-state index < -0.39 is 42.0 Å². The Hall–Kier alpha value is -3.64. The van der Waals surface area contributed by atoms with Crippen molar-refractivity contribution < 1.29 is 37.0 Å². The average Bonchev–Trinajstić information content (AvgIpc) is 3.52. The van der Waals surface area contributed by atoms with Crippen LogP contribution in [0.4, 0.5) is 19.0 Å². The summed E-state index contributed by atoms with van der Waals surface area (Å²) >= 11 is 6.17. The zero-order chi connectivity index (χ0) is 28.2. The number of halogens is 4. The van der Waals surface area contributed by atoms with Crippen LogP contribution < -0.4 is 9.64 Å². The smallest absolute Gasteiger partial charge is 0.326 e. The quantitative estimate of drug-likeness (QED) is 0.309. The van der Waals surface area contributed by atoms with Crippen molar-refractivity contribution in [1.29, 1.82) is 0 Å². The van der Waals surface area contributed by atoms with Crippen molar-refractivity contribution in [2.45, 2.75) is 44.0 Å². The molecule has 40 heavy (non-hydrogen) atoms. The van der Waals surface area contributed by atoms with E-state index in [2.05, 4.69) is 15.0 Å². The second-order valence-corrected chi connectivity index (χ2v) is 10.5. The van der Waals surface area contributed by atoms with Crippen molar-refractivity contribution in [2.24, 2.45) is 5.92 Å². The van der Waals surface area contributed by atoms with Gasteiger partial charge in [0, 0.05) is 36.9 Å². The third-order valence-corrected chi connectivity index (χ3v) is 7.74. The SMILES string of the molecule is C[C@@H]1COCC[C@@]1(F)c1cc(Cl)cnc1O[C@H]1C[C@@H](C(=O)O)N(c2nc(C(F)F)nc3c2oc2ccccc23)C1. The van der Waals surface area contributed by atoms with E-state index in [-0.39, 0.29) is 66.0 Å². The van der Waals surface area contributed by atoms with Gasteiger partial charge in [0.2, 0.25) is 5.88 Å². The van der Waals surface area contributed by atoms with Gasteiger partial charge in [-0.25, -0.2) is 32.9 Å². The number of furan rings is 1. The predicted molar refractivity (Wildman–Crippen MR) is 139 cm³/mol. The molecule has 0 saturated carbocycles. The van der Waals surface area contributed by atoms with Crippen molar-refractivity contribution in [3.8, 4) is 5.88 Å². The molecule has 6 rings (SSSR count). The van der Waals surface area contributed by atoms with E-state index >= 15 is 4.39 Å². The highest BCUT2D eigenvalue weighted by Crippen LogP contribution is 2.45. The summed E-state index contributed by atoms with van der Waals surface area (Å²) in [4.78, 5) is 25.9. The molecule has 1 aromatic carbocycles. The zero-order valence-corrected chi connectivity index (χ0v) is 21.9. The molecule has 210 valence electrons. The molecule has 0 spiro atoms. The van der Waals surface area contributed by atoms with Crippen LogP contribution >= 0.6 is 11.6 Å². The second-order valence-electron chi connectivity index (χ2n) is 10.1. The number of aliphatic carboxylic acids is 1. The first-order chi connectivity index (χ1) is 19.2. The van der Waals surface area contributed by atoms with E-state index in [1.54, 1.807) is 31.2 Å². The minimum absolute atomic E-state index is 0.0125.